The van der Waals surface area contributed by atoms with Crippen LogP contribution in [-0.4, -0.2) is 0 Å². The van der Waals surface area contributed by atoms with Gasteiger partial charge in [0.1, 0.15) is 0 Å². The molecule has 10 heavy (non-hydrogen) atoms. The molecule has 50 valence electrons. The summed E-state index contributed by atoms with van der Waals surface area (Å²) in [5.41, 5.74) is 0.523. The van der Waals surface area contributed by atoms with Gasteiger partial charge in [-0.1, -0.05) is 23.2 Å². The maximum absolute atomic E-state index is 8.40. The van der Waals surface area contributed by atoms with E-state index in [1.54, 1.807) is 12.1 Å². The quantitative estimate of drug-likeness (QED) is 0.590. The third kappa shape index (κ3) is 1.41. The molecule has 1 rings (SSSR count). The molecule has 0 bridgehead atoms. The van der Waals surface area contributed by atoms with Gasteiger partial charge in [-0.2, -0.15) is 5.26 Å². The minimum Gasteiger partial charge on any atom is -0.192 e. The third-order valence-corrected chi connectivity index (χ3v) is 1.79. The van der Waals surface area contributed by atoms with Crippen molar-refractivity contribution in [3.63, 3.8) is 0 Å². The van der Waals surface area contributed by atoms with Gasteiger partial charge in [0.05, 0.1) is 21.7 Å². The molecule has 1 aromatic carbocycles. The molecule has 0 N–H and O–H groups in total. The van der Waals surface area contributed by atoms with Gasteiger partial charge in [0, 0.05) is 0 Å². The van der Waals surface area contributed by atoms with Crippen LogP contribution in [0.15, 0.2) is 18.2 Å². The number of rotatable bonds is 0. The van der Waals surface area contributed by atoms with Gasteiger partial charge in [-0.3, -0.25) is 0 Å². The average Bonchev–Trinajstić information content (AvgIpc) is 1.95. The van der Waals surface area contributed by atoms with Crippen LogP contribution >= 0.6 is 23.2 Å². The van der Waals surface area contributed by atoms with Crippen molar-refractivity contribution in [2.75, 3.05) is 0 Å². The third-order valence-electron chi connectivity index (χ3n) is 1.05. The predicted octanol–water partition coefficient (Wildman–Crippen LogP) is 2.87. The van der Waals surface area contributed by atoms with E-state index in [0.717, 1.165) is 0 Å². The molecule has 0 aliphatic heterocycles. The molecule has 0 spiro atoms. The zero-order valence-electron chi connectivity index (χ0n) is 4.94. The van der Waals surface area contributed by atoms with Crippen molar-refractivity contribution in [3.8, 4) is 6.07 Å². The largest absolute Gasteiger partial charge is 0.192 e. The molecule has 0 fully saturated rings. The summed E-state index contributed by atoms with van der Waals surface area (Å²) in [5.74, 6) is 0. The molecule has 0 aliphatic carbocycles. The smallest absolute Gasteiger partial charge is 0.0992 e. The number of hydrogen-bond acceptors (Lipinski definition) is 1. The van der Waals surface area contributed by atoms with Gasteiger partial charge in [0.15, 0.2) is 0 Å². The second-order valence-electron chi connectivity index (χ2n) is 1.74. The van der Waals surface area contributed by atoms with Gasteiger partial charge in [-0.05, 0) is 18.2 Å². The highest BCUT2D eigenvalue weighted by Gasteiger charge is 1.96. The van der Waals surface area contributed by atoms with Crippen LogP contribution in [0.1, 0.15) is 5.56 Å². The van der Waals surface area contributed by atoms with Gasteiger partial charge in [0.25, 0.3) is 0 Å². The molecule has 0 heterocycles. The topological polar surface area (TPSA) is 23.8 Å². The molecule has 0 atom stereocenters. The Kier molecular flexibility index (Phi) is 2.16. The Hall–Kier alpha value is -0.710. The maximum Gasteiger partial charge on any atom is 0.0992 e. The van der Waals surface area contributed by atoms with E-state index in [-0.39, 0.29) is 0 Å². The minimum atomic E-state index is 0.417. The lowest BCUT2D eigenvalue weighted by molar-refractivity contribution is 1.48. The van der Waals surface area contributed by atoms with Gasteiger partial charge in [0.2, 0.25) is 0 Å². The van der Waals surface area contributed by atoms with Crippen molar-refractivity contribution in [1.29, 1.82) is 5.26 Å². The molecular weight excluding hydrogens is 169 g/mol. The van der Waals surface area contributed by atoms with Crippen LogP contribution in [0.3, 0.4) is 0 Å². The van der Waals surface area contributed by atoms with E-state index >= 15 is 0 Å². The number of nitrogens with zero attached hydrogens (tertiary/aromatic N) is 1. The highest BCUT2D eigenvalue weighted by molar-refractivity contribution is 6.42. The molecule has 1 nitrogen and oxygen atoms in total. The van der Waals surface area contributed by atoms with Crippen molar-refractivity contribution in [2.24, 2.45) is 0 Å². The Balaban J connectivity index is 3.20. The fraction of sp³-hybridized carbons (Fsp3) is 0. The standard InChI is InChI=1S/C7H3Cl2N/c8-6-2-1-5(4-10)3-7(6)9/h1-3H. The normalized spacial score (nSPS) is 8.90. The average molecular weight is 172 g/mol. The molecule has 0 radical (unpaired) electrons. The van der Waals surface area contributed by atoms with Gasteiger partial charge >= 0.3 is 0 Å². The lowest BCUT2D eigenvalue weighted by Gasteiger charge is -1.92. The van der Waals surface area contributed by atoms with Crippen LogP contribution in [0.2, 0.25) is 10.0 Å². The van der Waals surface area contributed by atoms with Gasteiger partial charge in [-0.25, -0.2) is 0 Å². The lowest BCUT2D eigenvalue weighted by Crippen LogP contribution is -1.73. The zero-order chi connectivity index (χ0) is 7.56. The molecule has 3 heteroatoms. The van der Waals surface area contributed by atoms with Crippen molar-refractivity contribution in [2.45, 2.75) is 0 Å². The second kappa shape index (κ2) is 2.92. The fourth-order valence-electron chi connectivity index (χ4n) is 0.566. The molecule has 0 unspecified atom stereocenters. The van der Waals surface area contributed by atoms with Crippen LogP contribution in [-0.2, 0) is 0 Å². The number of halogens is 2. The van der Waals surface area contributed by atoms with Crippen molar-refractivity contribution in [1.82, 2.24) is 0 Å². The fourth-order valence-corrected chi connectivity index (χ4v) is 0.864. The molecule has 0 saturated heterocycles. The zero-order valence-corrected chi connectivity index (χ0v) is 6.45. The second-order valence-corrected chi connectivity index (χ2v) is 2.56. The molecule has 1 aromatic rings. The first-order valence-electron chi connectivity index (χ1n) is 2.59. The monoisotopic (exact) mass is 171 g/mol. The van der Waals surface area contributed by atoms with Crippen LogP contribution < -0.4 is 0 Å². The Bertz CT molecular complexity index is 288. The lowest BCUT2D eigenvalue weighted by atomic mass is 10.2. The van der Waals surface area contributed by atoms with Crippen LogP contribution in [0, 0.1) is 11.3 Å². The van der Waals surface area contributed by atoms with E-state index in [1.165, 1.54) is 6.07 Å². The van der Waals surface area contributed by atoms with E-state index in [9.17, 15) is 0 Å². The first-order valence-corrected chi connectivity index (χ1v) is 3.35. The van der Waals surface area contributed by atoms with Gasteiger partial charge in [-0.15, -0.1) is 0 Å². The summed E-state index contributed by atoms with van der Waals surface area (Å²) in [6.07, 6.45) is 0. The van der Waals surface area contributed by atoms with Crippen molar-refractivity contribution < 1.29 is 0 Å². The SMILES string of the molecule is N#Cc1ccc(Cl)c(Cl)c1. The predicted molar refractivity (Wildman–Crippen MR) is 41.2 cm³/mol. The van der Waals surface area contributed by atoms with Gasteiger partial charge < -0.3 is 0 Å². The summed E-state index contributed by atoms with van der Waals surface area (Å²) in [5, 5.41) is 9.29. The van der Waals surface area contributed by atoms with Crippen LogP contribution in [0.4, 0.5) is 0 Å². The van der Waals surface area contributed by atoms with Crippen molar-refractivity contribution >= 4 is 23.2 Å². The minimum absolute atomic E-state index is 0.417. The Morgan fingerprint density at radius 1 is 1.20 bits per heavy atom. The summed E-state index contributed by atoms with van der Waals surface area (Å²) in [6.45, 7) is 0. The Morgan fingerprint density at radius 3 is 2.40 bits per heavy atom. The summed E-state index contributed by atoms with van der Waals surface area (Å²) < 4.78 is 0. The highest BCUT2D eigenvalue weighted by Crippen LogP contribution is 2.21. The van der Waals surface area contributed by atoms with E-state index < -0.39 is 0 Å². The first-order chi connectivity index (χ1) is 4.74. The number of hydrogen-bond donors (Lipinski definition) is 0. The number of nitriles is 1. The first kappa shape index (κ1) is 7.40. The van der Waals surface area contributed by atoms with Crippen LogP contribution in [0.25, 0.3) is 0 Å². The Morgan fingerprint density at radius 2 is 1.90 bits per heavy atom. The van der Waals surface area contributed by atoms with Crippen molar-refractivity contribution in [3.05, 3.63) is 33.8 Å². The summed E-state index contributed by atoms with van der Waals surface area (Å²) in [6, 6.07) is 6.70. The number of benzene rings is 1. The van der Waals surface area contributed by atoms with E-state index in [4.69, 9.17) is 28.5 Å². The van der Waals surface area contributed by atoms with E-state index in [1.807, 2.05) is 6.07 Å². The molecule has 0 saturated carbocycles. The van der Waals surface area contributed by atoms with E-state index in [2.05, 4.69) is 0 Å². The highest BCUT2D eigenvalue weighted by atomic mass is 35.5. The molecule has 0 aromatic heterocycles. The Labute approximate surface area is 68.8 Å². The molecule has 0 aliphatic rings. The maximum atomic E-state index is 8.40. The van der Waals surface area contributed by atoms with E-state index in [0.29, 0.717) is 15.6 Å². The summed E-state index contributed by atoms with van der Waals surface area (Å²) in [7, 11) is 0. The summed E-state index contributed by atoms with van der Waals surface area (Å²) in [4.78, 5) is 0. The molecule has 0 amide bonds. The summed E-state index contributed by atoms with van der Waals surface area (Å²) >= 11 is 11.2. The molecular formula is C7H3Cl2N. The van der Waals surface area contributed by atoms with Crippen LogP contribution in [0.5, 0.6) is 0 Å².